The highest BCUT2D eigenvalue weighted by Gasteiger charge is 2.18. The number of anilines is 2. The number of amides is 1. The van der Waals surface area contributed by atoms with Crippen molar-refractivity contribution in [3.8, 4) is 5.75 Å². The van der Waals surface area contributed by atoms with Crippen molar-refractivity contribution in [1.29, 1.82) is 0 Å². The number of para-hydroxylation sites is 1. The smallest absolute Gasteiger partial charge is 0.387 e. The van der Waals surface area contributed by atoms with Crippen molar-refractivity contribution < 1.29 is 31.1 Å². The van der Waals surface area contributed by atoms with E-state index in [0.29, 0.717) is 0 Å². The first-order chi connectivity index (χ1) is 14.7. The molecule has 0 atom stereocenters. The zero-order valence-electron chi connectivity index (χ0n) is 15.5. The highest BCUT2D eigenvalue weighted by Crippen LogP contribution is 2.29. The minimum absolute atomic E-state index is 0.0135. The molecule has 0 bridgehead atoms. The summed E-state index contributed by atoms with van der Waals surface area (Å²) in [4.78, 5) is 12.2. The van der Waals surface area contributed by atoms with Crippen molar-refractivity contribution in [3.05, 3.63) is 83.1 Å². The molecule has 0 fully saturated rings. The molecule has 162 valence electrons. The van der Waals surface area contributed by atoms with Gasteiger partial charge in [-0.15, -0.1) is 0 Å². The average Bonchev–Trinajstić information content (AvgIpc) is 2.71. The second-order valence-corrected chi connectivity index (χ2v) is 8.18. The third-order valence-corrected chi connectivity index (χ3v) is 5.59. The Labute approximate surface area is 180 Å². The van der Waals surface area contributed by atoms with Crippen LogP contribution in [0.15, 0.2) is 71.6 Å². The molecule has 0 aliphatic heterocycles. The predicted octanol–water partition coefficient (Wildman–Crippen LogP) is 5.13. The maximum Gasteiger partial charge on any atom is 0.387 e. The van der Waals surface area contributed by atoms with E-state index in [0.717, 1.165) is 18.2 Å². The minimum Gasteiger partial charge on any atom is -0.433 e. The van der Waals surface area contributed by atoms with Crippen LogP contribution in [0.4, 0.5) is 24.5 Å². The summed E-state index contributed by atoms with van der Waals surface area (Å²) in [6.07, 6.45) is 0. The Hall–Kier alpha value is -3.24. The molecule has 0 aliphatic rings. The van der Waals surface area contributed by atoms with E-state index >= 15 is 0 Å². The van der Waals surface area contributed by atoms with Crippen molar-refractivity contribution >= 4 is 38.9 Å². The number of halogens is 4. The van der Waals surface area contributed by atoms with E-state index in [-0.39, 0.29) is 32.6 Å². The molecular formula is C20H14ClF3N2O4S. The molecule has 1 amide bonds. The van der Waals surface area contributed by atoms with E-state index in [4.69, 9.17) is 11.6 Å². The Morgan fingerprint density at radius 2 is 1.74 bits per heavy atom. The first kappa shape index (κ1) is 22.4. The summed E-state index contributed by atoms with van der Waals surface area (Å²) < 4.78 is 69.8. The van der Waals surface area contributed by atoms with Crippen LogP contribution in [0.25, 0.3) is 0 Å². The van der Waals surface area contributed by atoms with E-state index in [1.54, 1.807) is 0 Å². The van der Waals surface area contributed by atoms with Gasteiger partial charge in [0, 0.05) is 11.3 Å². The monoisotopic (exact) mass is 470 g/mol. The number of carbonyl (C=O) groups excluding carboxylic acids is 1. The molecule has 0 aliphatic carbocycles. The standard InChI is InChI=1S/C20H14ClF3N2O4S/c21-15-11-13(8-9-18(15)30-20(23)24)25-19(27)12-4-3-5-14(10-12)31(28,29)26-17-7-2-1-6-16(17)22/h1-11,20,26H,(H,25,27). The summed E-state index contributed by atoms with van der Waals surface area (Å²) in [6.45, 7) is -3.05. The van der Waals surface area contributed by atoms with Crippen LogP contribution in [-0.2, 0) is 10.0 Å². The maximum absolute atomic E-state index is 13.8. The SMILES string of the molecule is O=C(Nc1ccc(OC(F)F)c(Cl)c1)c1cccc(S(=O)(=O)Nc2ccccc2F)c1. The number of alkyl halides is 2. The van der Waals surface area contributed by atoms with Crippen LogP contribution >= 0.6 is 11.6 Å². The second-order valence-electron chi connectivity index (χ2n) is 6.09. The summed E-state index contributed by atoms with van der Waals surface area (Å²) in [5.41, 5.74) is -0.0760. The fraction of sp³-hybridized carbons (Fsp3) is 0.0500. The first-order valence-corrected chi connectivity index (χ1v) is 10.4. The highest BCUT2D eigenvalue weighted by molar-refractivity contribution is 7.92. The summed E-state index contributed by atoms with van der Waals surface area (Å²) in [7, 11) is -4.17. The number of hydrogen-bond donors (Lipinski definition) is 2. The molecule has 0 saturated carbocycles. The summed E-state index contributed by atoms with van der Waals surface area (Å²) >= 11 is 5.85. The third-order valence-electron chi connectivity index (χ3n) is 3.93. The number of rotatable bonds is 7. The largest absolute Gasteiger partial charge is 0.433 e. The Bertz CT molecular complexity index is 1220. The van der Waals surface area contributed by atoms with Gasteiger partial charge in [-0.05, 0) is 48.5 Å². The lowest BCUT2D eigenvalue weighted by molar-refractivity contribution is -0.0497. The van der Waals surface area contributed by atoms with E-state index in [2.05, 4.69) is 14.8 Å². The number of ether oxygens (including phenoxy) is 1. The Morgan fingerprint density at radius 3 is 2.42 bits per heavy atom. The fourth-order valence-corrected chi connectivity index (χ4v) is 3.86. The molecule has 3 aromatic carbocycles. The van der Waals surface area contributed by atoms with Gasteiger partial charge >= 0.3 is 6.61 Å². The quantitative estimate of drug-likeness (QED) is 0.501. The van der Waals surface area contributed by atoms with Gasteiger partial charge in [0.15, 0.2) is 0 Å². The first-order valence-electron chi connectivity index (χ1n) is 8.59. The molecule has 31 heavy (non-hydrogen) atoms. The number of nitrogens with one attached hydrogen (secondary N) is 2. The van der Waals surface area contributed by atoms with Gasteiger partial charge in [0.2, 0.25) is 0 Å². The Balaban J connectivity index is 1.79. The van der Waals surface area contributed by atoms with E-state index in [9.17, 15) is 26.4 Å². The summed E-state index contributed by atoms with van der Waals surface area (Å²) in [6, 6.07) is 14.0. The normalized spacial score (nSPS) is 11.3. The van der Waals surface area contributed by atoms with E-state index in [1.165, 1.54) is 48.5 Å². The van der Waals surface area contributed by atoms with Crippen LogP contribution < -0.4 is 14.8 Å². The molecular weight excluding hydrogens is 457 g/mol. The minimum atomic E-state index is -4.17. The molecule has 0 heterocycles. The van der Waals surface area contributed by atoms with Gasteiger partial charge in [-0.3, -0.25) is 9.52 Å². The zero-order valence-corrected chi connectivity index (χ0v) is 17.1. The molecule has 0 aromatic heterocycles. The second kappa shape index (κ2) is 9.27. The van der Waals surface area contributed by atoms with Crippen LogP contribution in [0.3, 0.4) is 0 Å². The molecule has 0 unspecified atom stereocenters. The van der Waals surface area contributed by atoms with Crippen LogP contribution in [0.2, 0.25) is 5.02 Å². The van der Waals surface area contributed by atoms with Crippen LogP contribution in [0, 0.1) is 5.82 Å². The van der Waals surface area contributed by atoms with Crippen molar-refractivity contribution in [2.45, 2.75) is 11.5 Å². The van der Waals surface area contributed by atoms with E-state index in [1.807, 2.05) is 0 Å². The van der Waals surface area contributed by atoms with Crippen molar-refractivity contribution in [2.75, 3.05) is 10.0 Å². The molecule has 0 radical (unpaired) electrons. The average molecular weight is 471 g/mol. The van der Waals surface area contributed by atoms with E-state index < -0.39 is 28.4 Å². The van der Waals surface area contributed by atoms with Gasteiger partial charge in [0.05, 0.1) is 15.6 Å². The summed E-state index contributed by atoms with van der Waals surface area (Å²) in [5.74, 6) is -1.69. The fourth-order valence-electron chi connectivity index (χ4n) is 2.53. The zero-order chi connectivity index (χ0) is 22.6. The molecule has 11 heteroatoms. The molecule has 6 nitrogen and oxygen atoms in total. The summed E-state index contributed by atoms with van der Waals surface area (Å²) in [5, 5.41) is 2.33. The molecule has 3 aromatic rings. The number of benzene rings is 3. The molecule has 0 spiro atoms. The van der Waals surface area contributed by atoms with Gasteiger partial charge in [-0.2, -0.15) is 8.78 Å². The van der Waals surface area contributed by atoms with Gasteiger partial charge in [-0.1, -0.05) is 29.8 Å². The Kier molecular flexibility index (Phi) is 6.71. The number of sulfonamides is 1. The van der Waals surface area contributed by atoms with Crippen molar-refractivity contribution in [2.24, 2.45) is 0 Å². The lowest BCUT2D eigenvalue weighted by atomic mass is 10.2. The lowest BCUT2D eigenvalue weighted by Crippen LogP contribution is -2.16. The van der Waals surface area contributed by atoms with Crippen molar-refractivity contribution in [3.63, 3.8) is 0 Å². The lowest BCUT2D eigenvalue weighted by Gasteiger charge is -2.11. The van der Waals surface area contributed by atoms with Crippen LogP contribution in [0.5, 0.6) is 5.75 Å². The molecule has 0 saturated heterocycles. The number of carbonyl (C=O) groups is 1. The van der Waals surface area contributed by atoms with Gasteiger partial charge in [0.1, 0.15) is 11.6 Å². The molecule has 2 N–H and O–H groups in total. The number of hydrogen-bond acceptors (Lipinski definition) is 4. The maximum atomic E-state index is 13.8. The van der Waals surface area contributed by atoms with Crippen molar-refractivity contribution in [1.82, 2.24) is 0 Å². The van der Waals surface area contributed by atoms with Crippen LogP contribution in [0.1, 0.15) is 10.4 Å². The van der Waals surface area contributed by atoms with Crippen LogP contribution in [-0.4, -0.2) is 20.9 Å². The Morgan fingerprint density at radius 1 is 1.00 bits per heavy atom. The third kappa shape index (κ3) is 5.68. The van der Waals surface area contributed by atoms with Gasteiger partial charge in [-0.25, -0.2) is 12.8 Å². The van der Waals surface area contributed by atoms with Gasteiger partial charge < -0.3 is 10.1 Å². The predicted molar refractivity (Wildman–Crippen MR) is 110 cm³/mol. The topological polar surface area (TPSA) is 84.5 Å². The van der Waals surface area contributed by atoms with Gasteiger partial charge in [0.25, 0.3) is 15.9 Å². The highest BCUT2D eigenvalue weighted by atomic mass is 35.5. The molecule has 3 rings (SSSR count).